The number of rotatable bonds is 6. The van der Waals surface area contributed by atoms with Crippen LogP contribution in [0.1, 0.15) is 57.8 Å². The normalized spacial score (nSPS) is 20.6. The van der Waals surface area contributed by atoms with Gasteiger partial charge in [-0.2, -0.15) is 0 Å². The fourth-order valence-corrected chi connectivity index (χ4v) is 2.36. The Balaban J connectivity index is 2.03. The van der Waals surface area contributed by atoms with Gasteiger partial charge in [0.1, 0.15) is 0 Å². The molecule has 1 atom stereocenters. The molecule has 0 heterocycles. The van der Waals surface area contributed by atoms with Crippen molar-refractivity contribution < 1.29 is 5.11 Å². The summed E-state index contributed by atoms with van der Waals surface area (Å²) >= 11 is 0. The molecule has 0 aromatic rings. The van der Waals surface area contributed by atoms with Gasteiger partial charge in [-0.05, 0) is 31.6 Å². The van der Waals surface area contributed by atoms with Crippen molar-refractivity contribution in [1.29, 1.82) is 0 Å². The van der Waals surface area contributed by atoms with Crippen LogP contribution in [0, 0.1) is 5.92 Å². The number of aliphatic hydroxyl groups is 1. The Morgan fingerprint density at radius 3 is 2.57 bits per heavy atom. The first-order valence-corrected chi connectivity index (χ1v) is 6.12. The first-order valence-electron chi connectivity index (χ1n) is 6.12. The molecule has 82 valence electrons. The minimum Gasteiger partial charge on any atom is -0.393 e. The molecule has 1 saturated carbocycles. The summed E-state index contributed by atoms with van der Waals surface area (Å²) in [6.07, 6.45) is 12.9. The third-order valence-electron chi connectivity index (χ3n) is 3.34. The molecule has 14 heavy (non-hydrogen) atoms. The van der Waals surface area contributed by atoms with E-state index in [0.29, 0.717) is 0 Å². The molecule has 0 radical (unpaired) electrons. The fourth-order valence-electron chi connectivity index (χ4n) is 2.36. The van der Waals surface area contributed by atoms with Crippen LogP contribution in [0.15, 0.2) is 12.7 Å². The van der Waals surface area contributed by atoms with E-state index in [0.717, 1.165) is 25.2 Å². The Morgan fingerprint density at radius 1 is 1.21 bits per heavy atom. The summed E-state index contributed by atoms with van der Waals surface area (Å²) in [5.41, 5.74) is 0. The van der Waals surface area contributed by atoms with Crippen LogP contribution in [0.25, 0.3) is 0 Å². The van der Waals surface area contributed by atoms with E-state index in [1.165, 1.54) is 38.5 Å². The molecule has 1 aliphatic rings. The van der Waals surface area contributed by atoms with E-state index >= 15 is 0 Å². The molecule has 1 heteroatoms. The van der Waals surface area contributed by atoms with Gasteiger partial charge in [0, 0.05) is 0 Å². The highest BCUT2D eigenvalue weighted by Gasteiger charge is 2.14. The maximum atomic E-state index is 9.66. The average Bonchev–Trinajstić information content (AvgIpc) is 2.25. The molecule has 0 amide bonds. The monoisotopic (exact) mass is 196 g/mol. The molecule has 1 rings (SSSR count). The Kier molecular flexibility index (Phi) is 5.93. The van der Waals surface area contributed by atoms with Crippen LogP contribution in [-0.4, -0.2) is 11.2 Å². The highest BCUT2D eigenvalue weighted by molar-refractivity contribution is 4.71. The maximum Gasteiger partial charge on any atom is 0.0543 e. The number of allylic oxidation sites excluding steroid dienone is 1. The Labute approximate surface area is 88.2 Å². The van der Waals surface area contributed by atoms with E-state index in [-0.39, 0.29) is 6.10 Å². The van der Waals surface area contributed by atoms with Gasteiger partial charge in [-0.1, -0.05) is 38.2 Å². The fraction of sp³-hybridized carbons (Fsp3) is 0.846. The van der Waals surface area contributed by atoms with Crippen LogP contribution >= 0.6 is 0 Å². The third-order valence-corrected chi connectivity index (χ3v) is 3.34. The molecule has 1 unspecified atom stereocenters. The Morgan fingerprint density at radius 2 is 1.93 bits per heavy atom. The predicted molar refractivity (Wildman–Crippen MR) is 61.2 cm³/mol. The van der Waals surface area contributed by atoms with E-state index in [1.54, 1.807) is 0 Å². The lowest BCUT2D eigenvalue weighted by Gasteiger charge is -2.22. The second kappa shape index (κ2) is 7.05. The largest absolute Gasteiger partial charge is 0.393 e. The van der Waals surface area contributed by atoms with Gasteiger partial charge in [0.2, 0.25) is 0 Å². The molecular formula is C13H24O. The van der Waals surface area contributed by atoms with Gasteiger partial charge in [-0.25, -0.2) is 0 Å². The van der Waals surface area contributed by atoms with Gasteiger partial charge in [-0.15, -0.1) is 6.58 Å². The van der Waals surface area contributed by atoms with E-state index in [2.05, 4.69) is 6.58 Å². The minimum absolute atomic E-state index is 0.0880. The van der Waals surface area contributed by atoms with Gasteiger partial charge in [0.05, 0.1) is 6.10 Å². The molecule has 0 aromatic carbocycles. The lowest BCUT2D eigenvalue weighted by molar-refractivity contribution is 0.141. The molecule has 1 fully saturated rings. The van der Waals surface area contributed by atoms with E-state index in [9.17, 15) is 5.11 Å². The van der Waals surface area contributed by atoms with E-state index < -0.39 is 0 Å². The van der Waals surface area contributed by atoms with Crippen molar-refractivity contribution in [3.63, 3.8) is 0 Å². The molecule has 1 nitrogen and oxygen atoms in total. The highest BCUT2D eigenvalue weighted by Crippen LogP contribution is 2.28. The smallest absolute Gasteiger partial charge is 0.0543 e. The van der Waals surface area contributed by atoms with Crippen molar-refractivity contribution in [1.82, 2.24) is 0 Å². The van der Waals surface area contributed by atoms with Crippen molar-refractivity contribution in [2.24, 2.45) is 5.92 Å². The molecule has 0 saturated heterocycles. The summed E-state index contributed by atoms with van der Waals surface area (Å²) in [4.78, 5) is 0. The van der Waals surface area contributed by atoms with E-state index in [1.807, 2.05) is 6.08 Å². The van der Waals surface area contributed by atoms with Crippen LogP contribution in [-0.2, 0) is 0 Å². The van der Waals surface area contributed by atoms with Crippen LogP contribution in [0.4, 0.5) is 0 Å². The number of hydrogen-bond donors (Lipinski definition) is 1. The molecule has 0 bridgehead atoms. The summed E-state index contributed by atoms with van der Waals surface area (Å²) in [5.74, 6) is 0.905. The molecule has 1 N–H and O–H groups in total. The standard InChI is InChI=1S/C13H24O/c1-2-3-9-13(14)11-10-12-7-5-4-6-8-12/h2,12-14H,1,3-11H2. The summed E-state index contributed by atoms with van der Waals surface area (Å²) in [6.45, 7) is 3.67. The zero-order chi connectivity index (χ0) is 10.2. The van der Waals surface area contributed by atoms with Crippen LogP contribution in [0.3, 0.4) is 0 Å². The zero-order valence-corrected chi connectivity index (χ0v) is 9.25. The molecular weight excluding hydrogens is 172 g/mol. The van der Waals surface area contributed by atoms with Crippen LogP contribution < -0.4 is 0 Å². The topological polar surface area (TPSA) is 20.2 Å². The molecule has 0 aromatic heterocycles. The van der Waals surface area contributed by atoms with Crippen molar-refractivity contribution >= 4 is 0 Å². The summed E-state index contributed by atoms with van der Waals surface area (Å²) < 4.78 is 0. The lowest BCUT2D eigenvalue weighted by atomic mass is 9.85. The van der Waals surface area contributed by atoms with Crippen LogP contribution in [0.5, 0.6) is 0 Å². The number of aliphatic hydroxyl groups excluding tert-OH is 1. The molecule has 1 aliphatic carbocycles. The minimum atomic E-state index is -0.0880. The van der Waals surface area contributed by atoms with Gasteiger partial charge < -0.3 is 5.11 Å². The zero-order valence-electron chi connectivity index (χ0n) is 9.25. The maximum absolute atomic E-state index is 9.66. The molecule has 0 spiro atoms. The average molecular weight is 196 g/mol. The quantitative estimate of drug-likeness (QED) is 0.643. The summed E-state index contributed by atoms with van der Waals surface area (Å²) in [7, 11) is 0. The molecule has 0 aliphatic heterocycles. The summed E-state index contributed by atoms with van der Waals surface area (Å²) in [5, 5.41) is 9.66. The Bertz CT molecular complexity index is 147. The van der Waals surface area contributed by atoms with E-state index in [4.69, 9.17) is 0 Å². The van der Waals surface area contributed by atoms with Gasteiger partial charge in [-0.3, -0.25) is 0 Å². The Hall–Kier alpha value is -0.300. The first kappa shape index (κ1) is 11.8. The second-order valence-electron chi connectivity index (χ2n) is 4.60. The number of hydrogen-bond acceptors (Lipinski definition) is 1. The lowest BCUT2D eigenvalue weighted by Crippen LogP contribution is -2.12. The third kappa shape index (κ3) is 4.80. The van der Waals surface area contributed by atoms with Crippen molar-refractivity contribution in [3.05, 3.63) is 12.7 Å². The second-order valence-corrected chi connectivity index (χ2v) is 4.60. The first-order chi connectivity index (χ1) is 6.83. The summed E-state index contributed by atoms with van der Waals surface area (Å²) in [6, 6.07) is 0. The van der Waals surface area contributed by atoms with Crippen LogP contribution in [0.2, 0.25) is 0 Å². The van der Waals surface area contributed by atoms with Gasteiger partial charge >= 0.3 is 0 Å². The predicted octanol–water partition coefficient (Wildman–Crippen LogP) is 3.67. The van der Waals surface area contributed by atoms with Crippen molar-refractivity contribution in [2.45, 2.75) is 63.9 Å². The van der Waals surface area contributed by atoms with Gasteiger partial charge in [0.15, 0.2) is 0 Å². The SMILES string of the molecule is C=CCCC(O)CCC1CCCCC1. The van der Waals surface area contributed by atoms with Gasteiger partial charge in [0.25, 0.3) is 0 Å². The highest BCUT2D eigenvalue weighted by atomic mass is 16.3. The van der Waals surface area contributed by atoms with Crippen molar-refractivity contribution in [3.8, 4) is 0 Å². The van der Waals surface area contributed by atoms with Crippen molar-refractivity contribution in [2.75, 3.05) is 0 Å².